The highest BCUT2D eigenvalue weighted by molar-refractivity contribution is 6.35. The summed E-state index contributed by atoms with van der Waals surface area (Å²) < 4.78 is 5.78. The number of benzene rings is 1. The number of ether oxygens (including phenoxy) is 1. The lowest BCUT2D eigenvalue weighted by Gasteiger charge is -2.36. The van der Waals surface area contributed by atoms with Crippen LogP contribution in [0.3, 0.4) is 0 Å². The van der Waals surface area contributed by atoms with Crippen LogP contribution in [0, 0.1) is 5.92 Å². The molecule has 33 heavy (non-hydrogen) atoms. The maximum atomic E-state index is 13.3. The van der Waals surface area contributed by atoms with E-state index in [2.05, 4.69) is 28.7 Å². The zero-order valence-corrected chi connectivity index (χ0v) is 19.5. The monoisotopic (exact) mass is 449 g/mol. The Kier molecular flexibility index (Phi) is 6.91. The fourth-order valence-corrected chi connectivity index (χ4v) is 4.11. The molecule has 1 saturated heterocycles. The first-order valence-corrected chi connectivity index (χ1v) is 11.6. The maximum absolute atomic E-state index is 13.3. The highest BCUT2D eigenvalue weighted by atomic mass is 16.5. The Labute approximate surface area is 194 Å². The molecule has 3 heterocycles. The smallest absolute Gasteiger partial charge is 0.277 e. The zero-order chi connectivity index (χ0) is 23.4. The summed E-state index contributed by atoms with van der Waals surface area (Å²) in [6, 6.07) is 9.28. The van der Waals surface area contributed by atoms with Crippen molar-refractivity contribution in [2.75, 3.05) is 44.2 Å². The second kappa shape index (κ2) is 10.0. The number of aromatic nitrogens is 2. The minimum absolute atomic E-state index is 0.207. The number of anilines is 1. The number of imide groups is 1. The Balaban J connectivity index is 1.59. The molecule has 8 nitrogen and oxygen atoms in total. The molecule has 2 aromatic rings. The molecule has 2 amide bonds. The highest BCUT2D eigenvalue weighted by Crippen LogP contribution is 2.33. The van der Waals surface area contributed by atoms with Gasteiger partial charge in [0.2, 0.25) is 5.95 Å². The van der Waals surface area contributed by atoms with Gasteiger partial charge in [-0.3, -0.25) is 14.5 Å². The second-order valence-corrected chi connectivity index (χ2v) is 8.74. The Morgan fingerprint density at radius 2 is 1.58 bits per heavy atom. The topological polar surface area (TPSA) is 78.9 Å². The number of hydrogen-bond donors (Lipinski definition) is 0. The van der Waals surface area contributed by atoms with E-state index in [4.69, 9.17) is 4.74 Å². The van der Waals surface area contributed by atoms with E-state index in [0.29, 0.717) is 62.5 Å². The molecule has 0 radical (unpaired) electrons. The lowest BCUT2D eigenvalue weighted by atomic mass is 10.0. The van der Waals surface area contributed by atoms with Gasteiger partial charge >= 0.3 is 0 Å². The highest BCUT2D eigenvalue weighted by Gasteiger charge is 2.41. The fraction of sp³-hybridized carbons (Fsp3) is 0.440. The van der Waals surface area contributed by atoms with Crippen molar-refractivity contribution in [1.29, 1.82) is 0 Å². The van der Waals surface area contributed by atoms with Crippen LogP contribution in [-0.2, 0) is 9.59 Å². The molecular formula is C25H31N5O3. The molecule has 0 N–H and O–H groups in total. The van der Waals surface area contributed by atoms with Crippen LogP contribution in [-0.4, -0.2) is 70.9 Å². The lowest BCUT2D eigenvalue weighted by Crippen LogP contribution is -2.48. The van der Waals surface area contributed by atoms with Crippen molar-refractivity contribution in [3.05, 3.63) is 54.0 Å². The normalized spacial score (nSPS) is 16.9. The number of carbonyl (C=O) groups is 2. The molecule has 2 aliphatic rings. The van der Waals surface area contributed by atoms with Gasteiger partial charge in [0.1, 0.15) is 11.4 Å². The average molecular weight is 450 g/mol. The third-order valence-electron chi connectivity index (χ3n) is 5.75. The molecule has 0 atom stereocenters. The molecule has 4 rings (SSSR count). The van der Waals surface area contributed by atoms with Gasteiger partial charge in [0.25, 0.3) is 11.8 Å². The second-order valence-electron chi connectivity index (χ2n) is 8.74. The van der Waals surface area contributed by atoms with Gasteiger partial charge < -0.3 is 14.5 Å². The third kappa shape index (κ3) is 4.84. The predicted molar refractivity (Wildman–Crippen MR) is 127 cm³/mol. The van der Waals surface area contributed by atoms with Crippen LogP contribution >= 0.6 is 0 Å². The van der Waals surface area contributed by atoms with Gasteiger partial charge in [-0.25, -0.2) is 9.97 Å². The van der Waals surface area contributed by atoms with Crippen LogP contribution in [0.15, 0.2) is 48.4 Å². The maximum Gasteiger partial charge on any atom is 0.277 e. The standard InChI is InChI=1S/C25H31N5O3/c1-4-12-30-23(31)21(19-6-8-20(9-7-19)33-17-18(2)3)22(24(30)32)28-13-15-29(16-14-28)25-26-10-5-11-27-25/h5-11,18H,4,12-17H2,1-3H3. The Morgan fingerprint density at radius 3 is 2.18 bits per heavy atom. The van der Waals surface area contributed by atoms with E-state index in [1.165, 1.54) is 4.90 Å². The van der Waals surface area contributed by atoms with E-state index in [0.717, 1.165) is 17.7 Å². The molecular weight excluding hydrogens is 418 g/mol. The summed E-state index contributed by atoms with van der Waals surface area (Å²) in [5, 5.41) is 0. The molecule has 0 bridgehead atoms. The minimum Gasteiger partial charge on any atom is -0.493 e. The molecule has 1 aromatic carbocycles. The molecule has 1 fully saturated rings. The van der Waals surface area contributed by atoms with Crippen molar-refractivity contribution in [1.82, 2.24) is 19.8 Å². The Morgan fingerprint density at radius 1 is 0.939 bits per heavy atom. The summed E-state index contributed by atoms with van der Waals surface area (Å²) in [5.74, 6) is 1.44. The summed E-state index contributed by atoms with van der Waals surface area (Å²) in [4.78, 5) is 40.8. The number of piperazine rings is 1. The van der Waals surface area contributed by atoms with E-state index in [1.807, 2.05) is 36.1 Å². The van der Waals surface area contributed by atoms with Crippen LogP contribution in [0.4, 0.5) is 5.95 Å². The van der Waals surface area contributed by atoms with Gasteiger partial charge in [-0.05, 0) is 36.1 Å². The van der Waals surface area contributed by atoms with Crippen molar-refractivity contribution < 1.29 is 14.3 Å². The molecule has 1 aromatic heterocycles. The van der Waals surface area contributed by atoms with Crippen LogP contribution in [0.1, 0.15) is 32.8 Å². The van der Waals surface area contributed by atoms with E-state index in [1.54, 1.807) is 18.5 Å². The minimum atomic E-state index is -0.221. The first-order valence-electron chi connectivity index (χ1n) is 11.6. The van der Waals surface area contributed by atoms with Gasteiger partial charge in [-0.2, -0.15) is 0 Å². The summed E-state index contributed by atoms with van der Waals surface area (Å²) in [6.07, 6.45) is 4.18. The summed E-state index contributed by atoms with van der Waals surface area (Å²) in [6.45, 7) is 9.80. The lowest BCUT2D eigenvalue weighted by molar-refractivity contribution is -0.137. The SMILES string of the molecule is CCCN1C(=O)C(c2ccc(OCC(C)C)cc2)=C(N2CCN(c3ncccn3)CC2)C1=O. The third-order valence-corrected chi connectivity index (χ3v) is 5.75. The van der Waals surface area contributed by atoms with E-state index < -0.39 is 0 Å². The van der Waals surface area contributed by atoms with Crippen LogP contribution in [0.25, 0.3) is 5.57 Å². The Hall–Kier alpha value is -3.42. The number of hydrogen-bond acceptors (Lipinski definition) is 7. The van der Waals surface area contributed by atoms with Crippen molar-refractivity contribution in [3.8, 4) is 5.75 Å². The fourth-order valence-electron chi connectivity index (χ4n) is 4.11. The van der Waals surface area contributed by atoms with Crippen LogP contribution in [0.5, 0.6) is 5.75 Å². The molecule has 0 unspecified atom stereocenters. The van der Waals surface area contributed by atoms with Crippen molar-refractivity contribution in [3.63, 3.8) is 0 Å². The van der Waals surface area contributed by atoms with Crippen molar-refractivity contribution in [2.45, 2.75) is 27.2 Å². The number of carbonyl (C=O) groups excluding carboxylic acids is 2. The van der Waals surface area contributed by atoms with Crippen LogP contribution in [0.2, 0.25) is 0 Å². The molecule has 174 valence electrons. The summed E-state index contributed by atoms with van der Waals surface area (Å²) >= 11 is 0. The van der Waals surface area contributed by atoms with Gasteiger partial charge in [0.15, 0.2) is 0 Å². The van der Waals surface area contributed by atoms with Crippen LogP contribution < -0.4 is 9.64 Å². The summed E-state index contributed by atoms with van der Waals surface area (Å²) in [5.41, 5.74) is 1.72. The first-order chi connectivity index (χ1) is 16.0. The molecule has 0 aliphatic carbocycles. The quantitative estimate of drug-likeness (QED) is 0.574. The summed E-state index contributed by atoms with van der Waals surface area (Å²) in [7, 11) is 0. The average Bonchev–Trinajstić information content (AvgIpc) is 3.09. The number of rotatable bonds is 8. The largest absolute Gasteiger partial charge is 0.493 e. The van der Waals surface area contributed by atoms with Gasteiger partial charge in [0.05, 0.1) is 12.2 Å². The molecule has 0 saturated carbocycles. The molecule has 0 spiro atoms. The Bertz CT molecular complexity index is 1010. The number of amides is 2. The predicted octanol–water partition coefficient (Wildman–Crippen LogP) is 2.82. The first kappa shape index (κ1) is 22.8. The molecule has 8 heteroatoms. The van der Waals surface area contributed by atoms with Gasteiger partial charge in [-0.15, -0.1) is 0 Å². The van der Waals surface area contributed by atoms with Gasteiger partial charge in [-0.1, -0.05) is 32.9 Å². The zero-order valence-electron chi connectivity index (χ0n) is 19.5. The van der Waals surface area contributed by atoms with E-state index in [9.17, 15) is 9.59 Å². The van der Waals surface area contributed by atoms with Crippen molar-refractivity contribution >= 4 is 23.3 Å². The van der Waals surface area contributed by atoms with E-state index >= 15 is 0 Å². The van der Waals surface area contributed by atoms with Gasteiger partial charge in [0, 0.05) is 45.1 Å². The molecule has 2 aliphatic heterocycles. The van der Waals surface area contributed by atoms with E-state index in [-0.39, 0.29) is 11.8 Å². The number of nitrogens with zero attached hydrogens (tertiary/aromatic N) is 5. The van der Waals surface area contributed by atoms with Crippen molar-refractivity contribution in [2.24, 2.45) is 5.92 Å².